The number of rotatable bonds is 9. The van der Waals surface area contributed by atoms with Crippen molar-refractivity contribution in [2.24, 2.45) is 5.73 Å². The molecule has 0 heterocycles. The summed E-state index contributed by atoms with van der Waals surface area (Å²) in [6.07, 6.45) is 2.61. The van der Waals surface area contributed by atoms with Crippen LogP contribution in [0.1, 0.15) is 32.6 Å². The average Bonchev–Trinajstić information content (AvgIpc) is 2.30. The first kappa shape index (κ1) is 15.9. The predicted octanol–water partition coefficient (Wildman–Crippen LogP) is 0.110. The van der Waals surface area contributed by atoms with Gasteiger partial charge in [0.25, 0.3) is 0 Å². The normalized spacial score (nSPS) is 14.1. The highest BCUT2D eigenvalue weighted by atomic mass is 16.5. The van der Waals surface area contributed by atoms with Gasteiger partial charge in [0.1, 0.15) is 6.04 Å². The molecule has 0 fully saturated rings. The van der Waals surface area contributed by atoms with Crippen LogP contribution in [-0.4, -0.2) is 42.8 Å². The maximum atomic E-state index is 11.6. The molecule has 2 atom stereocenters. The summed E-state index contributed by atoms with van der Waals surface area (Å²) in [6.45, 7) is 2.28. The Morgan fingerprint density at radius 2 is 2.06 bits per heavy atom. The van der Waals surface area contributed by atoms with E-state index in [0.29, 0.717) is 6.42 Å². The Bertz CT molecular complexity index is 246. The summed E-state index contributed by atoms with van der Waals surface area (Å²) >= 11 is 0. The number of hydrogen-bond acceptors (Lipinski definition) is 4. The Morgan fingerprint density at radius 3 is 2.53 bits per heavy atom. The standard InChI is InChI=1S/C11H22N2O4/c1-3-4-5-8(12)10(14)13-9(11(15)16)6-7-17-2/h8-9H,3-7,12H2,1-2H3,(H,13,14)(H,15,16)/t8-,9?/m0/s1. The summed E-state index contributed by atoms with van der Waals surface area (Å²) in [5, 5.41) is 11.3. The van der Waals surface area contributed by atoms with Gasteiger partial charge in [0.15, 0.2) is 0 Å². The number of hydrogen-bond donors (Lipinski definition) is 3. The number of methoxy groups -OCH3 is 1. The minimum absolute atomic E-state index is 0.234. The third kappa shape index (κ3) is 6.91. The molecule has 0 aromatic heterocycles. The molecule has 4 N–H and O–H groups in total. The topological polar surface area (TPSA) is 102 Å². The Hall–Kier alpha value is -1.14. The molecule has 6 nitrogen and oxygen atoms in total. The van der Waals surface area contributed by atoms with Crippen molar-refractivity contribution in [3.05, 3.63) is 0 Å². The number of unbranched alkanes of at least 4 members (excludes halogenated alkanes) is 1. The predicted molar refractivity (Wildman–Crippen MR) is 63.6 cm³/mol. The van der Waals surface area contributed by atoms with Gasteiger partial charge in [0.05, 0.1) is 6.04 Å². The summed E-state index contributed by atoms with van der Waals surface area (Å²) in [4.78, 5) is 22.5. The lowest BCUT2D eigenvalue weighted by Gasteiger charge is -2.17. The first-order chi connectivity index (χ1) is 8.02. The fraction of sp³-hybridized carbons (Fsp3) is 0.818. The molecule has 0 saturated carbocycles. The van der Waals surface area contributed by atoms with Gasteiger partial charge < -0.3 is 20.9 Å². The highest BCUT2D eigenvalue weighted by molar-refractivity contribution is 5.86. The van der Waals surface area contributed by atoms with Gasteiger partial charge in [0, 0.05) is 20.1 Å². The molecule has 0 aliphatic rings. The molecule has 0 radical (unpaired) electrons. The van der Waals surface area contributed by atoms with Gasteiger partial charge in [0.2, 0.25) is 5.91 Å². The molecule has 6 heteroatoms. The van der Waals surface area contributed by atoms with E-state index in [0.717, 1.165) is 12.8 Å². The monoisotopic (exact) mass is 246 g/mol. The highest BCUT2D eigenvalue weighted by Crippen LogP contribution is 2.00. The number of aliphatic carboxylic acids is 1. The van der Waals surface area contributed by atoms with Crippen molar-refractivity contribution in [3.63, 3.8) is 0 Å². The lowest BCUT2D eigenvalue weighted by Crippen LogP contribution is -2.48. The van der Waals surface area contributed by atoms with Crippen molar-refractivity contribution in [1.29, 1.82) is 0 Å². The maximum absolute atomic E-state index is 11.6. The Morgan fingerprint density at radius 1 is 1.41 bits per heavy atom. The van der Waals surface area contributed by atoms with Crippen LogP contribution >= 0.6 is 0 Å². The van der Waals surface area contributed by atoms with E-state index in [9.17, 15) is 9.59 Å². The van der Waals surface area contributed by atoms with Gasteiger partial charge >= 0.3 is 5.97 Å². The Labute approximate surface area is 102 Å². The second-order valence-electron chi connectivity index (χ2n) is 3.93. The number of carboxylic acid groups (broad SMARTS) is 1. The van der Waals surface area contributed by atoms with Crippen LogP contribution in [0.15, 0.2) is 0 Å². The molecule has 100 valence electrons. The number of amides is 1. The van der Waals surface area contributed by atoms with E-state index >= 15 is 0 Å². The largest absolute Gasteiger partial charge is 0.480 e. The second kappa shape index (κ2) is 8.95. The fourth-order valence-corrected chi connectivity index (χ4v) is 1.33. The van der Waals surface area contributed by atoms with Crippen LogP contribution in [0.3, 0.4) is 0 Å². The zero-order valence-corrected chi connectivity index (χ0v) is 10.4. The van der Waals surface area contributed by atoms with Gasteiger partial charge in [-0.3, -0.25) is 4.79 Å². The fourth-order valence-electron chi connectivity index (χ4n) is 1.33. The minimum Gasteiger partial charge on any atom is -0.480 e. The molecule has 0 aromatic rings. The first-order valence-electron chi connectivity index (χ1n) is 5.80. The summed E-state index contributed by atoms with van der Waals surface area (Å²) in [7, 11) is 1.48. The average molecular weight is 246 g/mol. The minimum atomic E-state index is -1.07. The van der Waals surface area contributed by atoms with Gasteiger partial charge in [-0.05, 0) is 6.42 Å². The summed E-state index contributed by atoms with van der Waals surface area (Å²) < 4.78 is 4.78. The van der Waals surface area contributed by atoms with Crippen molar-refractivity contribution >= 4 is 11.9 Å². The molecule has 0 aliphatic carbocycles. The van der Waals surface area contributed by atoms with Crippen LogP contribution in [-0.2, 0) is 14.3 Å². The molecule has 0 aromatic carbocycles. The van der Waals surface area contributed by atoms with E-state index in [4.69, 9.17) is 15.6 Å². The van der Waals surface area contributed by atoms with Crippen molar-refractivity contribution in [1.82, 2.24) is 5.32 Å². The first-order valence-corrected chi connectivity index (χ1v) is 5.80. The van der Waals surface area contributed by atoms with Gasteiger partial charge in [-0.25, -0.2) is 4.79 Å². The van der Waals surface area contributed by atoms with Crippen molar-refractivity contribution in [2.45, 2.75) is 44.7 Å². The number of nitrogens with two attached hydrogens (primary N) is 1. The molecule has 0 saturated heterocycles. The molecular weight excluding hydrogens is 224 g/mol. The van der Waals surface area contributed by atoms with Gasteiger partial charge in [-0.15, -0.1) is 0 Å². The Kier molecular flexibility index (Phi) is 8.35. The second-order valence-corrected chi connectivity index (χ2v) is 3.93. The SMILES string of the molecule is CCCC[C@H](N)C(=O)NC(CCOC)C(=O)O. The van der Waals surface area contributed by atoms with Crippen LogP contribution in [0, 0.1) is 0 Å². The molecule has 1 unspecified atom stereocenters. The maximum Gasteiger partial charge on any atom is 0.326 e. The van der Waals surface area contributed by atoms with Gasteiger partial charge in [-0.1, -0.05) is 19.8 Å². The highest BCUT2D eigenvalue weighted by Gasteiger charge is 2.22. The van der Waals surface area contributed by atoms with Crippen LogP contribution < -0.4 is 11.1 Å². The zero-order valence-electron chi connectivity index (χ0n) is 10.4. The molecule has 0 bridgehead atoms. The number of nitrogens with one attached hydrogen (secondary N) is 1. The van der Waals surface area contributed by atoms with Crippen molar-refractivity contribution in [2.75, 3.05) is 13.7 Å². The van der Waals surface area contributed by atoms with Crippen molar-refractivity contribution < 1.29 is 19.4 Å². The van der Waals surface area contributed by atoms with Crippen LogP contribution in [0.2, 0.25) is 0 Å². The van der Waals surface area contributed by atoms with Crippen LogP contribution in [0.5, 0.6) is 0 Å². The number of carbonyl (C=O) groups excluding carboxylic acids is 1. The summed E-state index contributed by atoms with van der Waals surface area (Å²) in [6, 6.07) is -1.57. The summed E-state index contributed by atoms with van der Waals surface area (Å²) in [5.74, 6) is -1.49. The number of carboxylic acids is 1. The lowest BCUT2D eigenvalue weighted by atomic mass is 10.1. The molecule has 0 rings (SSSR count). The van der Waals surface area contributed by atoms with Gasteiger partial charge in [-0.2, -0.15) is 0 Å². The summed E-state index contributed by atoms with van der Waals surface area (Å²) in [5.41, 5.74) is 5.64. The lowest BCUT2D eigenvalue weighted by molar-refractivity contribution is -0.142. The third-order valence-electron chi connectivity index (χ3n) is 2.43. The molecule has 1 amide bonds. The van der Waals surface area contributed by atoms with E-state index in [2.05, 4.69) is 5.32 Å². The quantitative estimate of drug-likeness (QED) is 0.536. The molecule has 0 aliphatic heterocycles. The van der Waals surface area contributed by atoms with E-state index in [1.165, 1.54) is 7.11 Å². The molecular formula is C11H22N2O4. The molecule has 0 spiro atoms. The van der Waals surface area contributed by atoms with Crippen LogP contribution in [0.4, 0.5) is 0 Å². The zero-order chi connectivity index (χ0) is 13.3. The van der Waals surface area contributed by atoms with E-state index in [1.54, 1.807) is 0 Å². The number of ether oxygens (including phenoxy) is 1. The van der Waals surface area contributed by atoms with Crippen LogP contribution in [0.25, 0.3) is 0 Å². The molecule has 17 heavy (non-hydrogen) atoms. The number of carbonyl (C=O) groups is 2. The Balaban J connectivity index is 4.15. The third-order valence-corrected chi connectivity index (χ3v) is 2.43. The van der Waals surface area contributed by atoms with E-state index < -0.39 is 24.0 Å². The van der Waals surface area contributed by atoms with Crippen molar-refractivity contribution in [3.8, 4) is 0 Å². The van der Waals surface area contributed by atoms with E-state index in [1.807, 2.05) is 6.92 Å². The smallest absolute Gasteiger partial charge is 0.326 e. The van der Waals surface area contributed by atoms with E-state index in [-0.39, 0.29) is 13.0 Å².